The van der Waals surface area contributed by atoms with Crippen LogP contribution in [0, 0.1) is 0 Å². The lowest BCUT2D eigenvalue weighted by Crippen LogP contribution is -2.20. The molecule has 0 bridgehead atoms. The number of ether oxygens (including phenoxy) is 2. The standard InChI is InChI=1S/C24H23N5O2/c1-2-29(19-9-5-7-17-6-3-4-8-18(17)19)24-22(25)23(27-14-28-24)26-13-16-10-11-20-21(12-16)31-15-30-20/h3-12,14H,2,13,15,25H2,1H3,(H,26,27,28). The first kappa shape index (κ1) is 19.0. The molecule has 0 atom stereocenters. The molecule has 4 aromatic rings. The second-order valence-electron chi connectivity index (χ2n) is 7.24. The van der Waals surface area contributed by atoms with Gasteiger partial charge in [-0.2, -0.15) is 0 Å². The summed E-state index contributed by atoms with van der Waals surface area (Å²) in [5.41, 5.74) is 9.14. The Morgan fingerprint density at radius 3 is 2.74 bits per heavy atom. The lowest BCUT2D eigenvalue weighted by Gasteiger charge is -2.25. The van der Waals surface area contributed by atoms with Crippen molar-refractivity contribution in [3.63, 3.8) is 0 Å². The Kier molecular flexibility index (Phi) is 4.92. The molecule has 3 N–H and O–H groups in total. The van der Waals surface area contributed by atoms with E-state index in [9.17, 15) is 0 Å². The van der Waals surface area contributed by atoms with Gasteiger partial charge in [0, 0.05) is 18.5 Å². The molecule has 1 aliphatic heterocycles. The third-order valence-corrected chi connectivity index (χ3v) is 5.39. The fourth-order valence-corrected chi connectivity index (χ4v) is 3.86. The number of anilines is 4. The van der Waals surface area contributed by atoms with Crippen LogP contribution in [0.4, 0.5) is 23.0 Å². The molecule has 156 valence electrons. The normalized spacial score (nSPS) is 12.2. The van der Waals surface area contributed by atoms with Crippen molar-refractivity contribution in [2.45, 2.75) is 13.5 Å². The second-order valence-corrected chi connectivity index (χ2v) is 7.24. The predicted molar refractivity (Wildman–Crippen MR) is 123 cm³/mol. The first-order chi connectivity index (χ1) is 15.2. The molecule has 0 aliphatic carbocycles. The molecule has 0 fully saturated rings. The van der Waals surface area contributed by atoms with E-state index in [0.717, 1.165) is 34.7 Å². The lowest BCUT2D eigenvalue weighted by molar-refractivity contribution is 0.174. The Hall–Kier alpha value is -4.00. The van der Waals surface area contributed by atoms with Gasteiger partial charge in [0.15, 0.2) is 23.1 Å². The predicted octanol–water partition coefficient (Wildman–Crippen LogP) is 4.71. The topological polar surface area (TPSA) is 85.5 Å². The van der Waals surface area contributed by atoms with Crippen molar-refractivity contribution in [1.29, 1.82) is 0 Å². The fourth-order valence-electron chi connectivity index (χ4n) is 3.86. The Morgan fingerprint density at radius 2 is 1.84 bits per heavy atom. The Morgan fingerprint density at radius 1 is 1.00 bits per heavy atom. The van der Waals surface area contributed by atoms with E-state index in [1.807, 2.05) is 30.3 Å². The summed E-state index contributed by atoms with van der Waals surface area (Å²) in [5.74, 6) is 2.80. The van der Waals surface area contributed by atoms with Gasteiger partial charge in [0.25, 0.3) is 0 Å². The van der Waals surface area contributed by atoms with Gasteiger partial charge in [0.05, 0.1) is 5.69 Å². The van der Waals surface area contributed by atoms with E-state index in [1.165, 1.54) is 5.39 Å². The van der Waals surface area contributed by atoms with Crippen LogP contribution in [0.15, 0.2) is 67.0 Å². The van der Waals surface area contributed by atoms with Gasteiger partial charge < -0.3 is 25.4 Å². The van der Waals surface area contributed by atoms with E-state index in [-0.39, 0.29) is 6.79 Å². The molecular weight excluding hydrogens is 390 g/mol. The minimum atomic E-state index is 0.259. The molecule has 0 spiro atoms. The number of aromatic nitrogens is 2. The molecule has 31 heavy (non-hydrogen) atoms. The number of nitrogens with one attached hydrogen (secondary N) is 1. The molecule has 0 saturated heterocycles. The zero-order valence-corrected chi connectivity index (χ0v) is 17.2. The van der Waals surface area contributed by atoms with Crippen LogP contribution < -0.4 is 25.4 Å². The largest absolute Gasteiger partial charge is 0.454 e. The van der Waals surface area contributed by atoms with Gasteiger partial charge in [-0.05, 0) is 36.1 Å². The summed E-state index contributed by atoms with van der Waals surface area (Å²) in [4.78, 5) is 11.0. The Balaban J connectivity index is 1.44. The van der Waals surface area contributed by atoms with Crippen LogP contribution >= 0.6 is 0 Å². The molecule has 7 nitrogen and oxygen atoms in total. The van der Waals surface area contributed by atoms with Crippen LogP contribution in [0.5, 0.6) is 11.5 Å². The third kappa shape index (κ3) is 3.54. The van der Waals surface area contributed by atoms with Gasteiger partial charge in [0.1, 0.15) is 12.0 Å². The lowest BCUT2D eigenvalue weighted by atomic mass is 10.1. The highest BCUT2D eigenvalue weighted by Crippen LogP contribution is 2.36. The number of rotatable bonds is 6. The van der Waals surface area contributed by atoms with Crippen LogP contribution in [0.3, 0.4) is 0 Å². The SMILES string of the molecule is CCN(c1ncnc(NCc2ccc3c(c2)OCO3)c1N)c1cccc2ccccc12. The van der Waals surface area contributed by atoms with Crippen molar-refractivity contribution >= 4 is 33.8 Å². The molecule has 5 rings (SSSR count). The van der Waals surface area contributed by atoms with Crippen molar-refractivity contribution < 1.29 is 9.47 Å². The molecule has 1 aliphatic rings. The first-order valence-corrected chi connectivity index (χ1v) is 10.2. The van der Waals surface area contributed by atoms with Gasteiger partial charge >= 0.3 is 0 Å². The maximum atomic E-state index is 6.52. The summed E-state index contributed by atoms with van der Waals surface area (Å²) in [6.07, 6.45) is 1.54. The molecule has 1 aromatic heterocycles. The molecule has 2 heterocycles. The van der Waals surface area contributed by atoms with Gasteiger partial charge in [-0.25, -0.2) is 9.97 Å². The van der Waals surface area contributed by atoms with Crippen molar-refractivity contribution in [3.8, 4) is 11.5 Å². The van der Waals surface area contributed by atoms with Crippen molar-refractivity contribution in [3.05, 3.63) is 72.6 Å². The van der Waals surface area contributed by atoms with Crippen LogP contribution in [-0.4, -0.2) is 23.3 Å². The summed E-state index contributed by atoms with van der Waals surface area (Å²) in [6.45, 7) is 3.62. The highest BCUT2D eigenvalue weighted by atomic mass is 16.7. The number of nitrogen functional groups attached to an aromatic ring is 1. The highest BCUT2D eigenvalue weighted by Gasteiger charge is 2.18. The van der Waals surface area contributed by atoms with E-state index in [4.69, 9.17) is 15.2 Å². The molecule has 0 radical (unpaired) electrons. The molecule has 0 saturated carbocycles. The van der Waals surface area contributed by atoms with Crippen molar-refractivity contribution in [2.75, 3.05) is 29.3 Å². The van der Waals surface area contributed by atoms with E-state index in [2.05, 4.69) is 57.4 Å². The summed E-state index contributed by atoms with van der Waals surface area (Å²) in [6, 6.07) is 20.4. The number of hydrogen-bond acceptors (Lipinski definition) is 7. The van der Waals surface area contributed by atoms with Crippen LogP contribution in [0.25, 0.3) is 10.8 Å². The summed E-state index contributed by atoms with van der Waals surface area (Å²) in [7, 11) is 0. The van der Waals surface area contributed by atoms with Crippen molar-refractivity contribution in [1.82, 2.24) is 9.97 Å². The van der Waals surface area contributed by atoms with Crippen LogP contribution in [0.2, 0.25) is 0 Å². The number of benzene rings is 3. The average Bonchev–Trinajstić information content (AvgIpc) is 3.28. The fraction of sp³-hybridized carbons (Fsp3) is 0.167. The molecule has 0 amide bonds. The minimum Gasteiger partial charge on any atom is -0.454 e. The minimum absolute atomic E-state index is 0.259. The van der Waals surface area contributed by atoms with E-state index in [1.54, 1.807) is 6.33 Å². The van der Waals surface area contributed by atoms with E-state index < -0.39 is 0 Å². The van der Waals surface area contributed by atoms with Crippen LogP contribution in [-0.2, 0) is 6.54 Å². The van der Waals surface area contributed by atoms with Crippen LogP contribution in [0.1, 0.15) is 12.5 Å². The number of nitrogens with two attached hydrogens (primary N) is 1. The maximum Gasteiger partial charge on any atom is 0.231 e. The number of fused-ring (bicyclic) bond motifs is 2. The average molecular weight is 413 g/mol. The first-order valence-electron chi connectivity index (χ1n) is 10.2. The molecule has 0 unspecified atom stereocenters. The number of hydrogen-bond donors (Lipinski definition) is 2. The van der Waals surface area contributed by atoms with Gasteiger partial charge in [-0.15, -0.1) is 0 Å². The molecular formula is C24H23N5O2. The zero-order valence-electron chi connectivity index (χ0n) is 17.2. The summed E-state index contributed by atoms with van der Waals surface area (Å²) in [5, 5.41) is 5.66. The Labute approximate surface area is 180 Å². The number of nitrogens with zero attached hydrogens (tertiary/aromatic N) is 3. The Bertz CT molecular complexity index is 1240. The van der Waals surface area contributed by atoms with Gasteiger partial charge in [0.2, 0.25) is 6.79 Å². The quantitative estimate of drug-likeness (QED) is 0.473. The van der Waals surface area contributed by atoms with E-state index in [0.29, 0.717) is 23.9 Å². The smallest absolute Gasteiger partial charge is 0.231 e. The summed E-state index contributed by atoms with van der Waals surface area (Å²) >= 11 is 0. The van der Waals surface area contributed by atoms with Gasteiger partial charge in [-0.3, -0.25) is 0 Å². The molecule has 3 aromatic carbocycles. The maximum absolute atomic E-state index is 6.52. The highest BCUT2D eigenvalue weighted by molar-refractivity contribution is 5.97. The monoisotopic (exact) mass is 413 g/mol. The third-order valence-electron chi connectivity index (χ3n) is 5.39. The summed E-state index contributed by atoms with van der Waals surface area (Å²) < 4.78 is 10.8. The van der Waals surface area contributed by atoms with Gasteiger partial charge in [-0.1, -0.05) is 42.5 Å². The molecule has 7 heteroatoms. The van der Waals surface area contributed by atoms with Crippen molar-refractivity contribution in [2.24, 2.45) is 0 Å². The van der Waals surface area contributed by atoms with E-state index >= 15 is 0 Å². The second kappa shape index (κ2) is 8.02. The zero-order chi connectivity index (χ0) is 21.2.